The summed E-state index contributed by atoms with van der Waals surface area (Å²) in [5.41, 5.74) is 1.48. The van der Waals surface area contributed by atoms with Crippen LogP contribution in [0.25, 0.3) is 0 Å². The molecule has 0 bridgehead atoms. The van der Waals surface area contributed by atoms with Gasteiger partial charge in [-0.05, 0) is 93.7 Å². The first-order valence-electron chi connectivity index (χ1n) is 11.3. The van der Waals surface area contributed by atoms with Crippen LogP contribution in [0.3, 0.4) is 0 Å². The molecule has 1 heterocycles. The summed E-state index contributed by atoms with van der Waals surface area (Å²) in [5.74, 6) is 3.62. The number of halogens is 1. The van der Waals surface area contributed by atoms with Gasteiger partial charge in [-0.15, -0.1) is 0 Å². The van der Waals surface area contributed by atoms with Gasteiger partial charge in [0.2, 0.25) is 0 Å². The molecule has 0 atom stereocenters. The van der Waals surface area contributed by atoms with E-state index in [1.54, 1.807) is 0 Å². The van der Waals surface area contributed by atoms with Crippen molar-refractivity contribution < 1.29 is 9.47 Å². The van der Waals surface area contributed by atoms with Crippen LogP contribution < -0.4 is 0 Å². The van der Waals surface area contributed by atoms with Gasteiger partial charge >= 0.3 is 0 Å². The highest BCUT2D eigenvalue weighted by molar-refractivity contribution is 6.30. The van der Waals surface area contributed by atoms with Crippen LogP contribution in [0.5, 0.6) is 0 Å². The minimum Gasteiger partial charge on any atom is -0.352 e. The summed E-state index contributed by atoms with van der Waals surface area (Å²) < 4.78 is 12.1. The molecule has 1 saturated heterocycles. The third-order valence-corrected chi connectivity index (χ3v) is 7.65. The molecule has 0 spiro atoms. The Hall–Kier alpha value is -0.830. The van der Waals surface area contributed by atoms with E-state index >= 15 is 0 Å². The molecule has 154 valence electrons. The van der Waals surface area contributed by atoms with Crippen LogP contribution in [0.2, 0.25) is 5.02 Å². The van der Waals surface area contributed by atoms with Crippen molar-refractivity contribution in [3.63, 3.8) is 0 Å². The molecule has 1 aliphatic heterocycles. The van der Waals surface area contributed by atoms with Gasteiger partial charge in [-0.1, -0.05) is 35.9 Å². The molecule has 1 aromatic rings. The molecule has 3 aliphatic rings. The fourth-order valence-corrected chi connectivity index (χ4v) is 5.86. The second-order valence-electron chi connectivity index (χ2n) is 9.16. The molecule has 1 aromatic carbocycles. The van der Waals surface area contributed by atoms with Gasteiger partial charge in [0.25, 0.3) is 0 Å². The predicted octanol–water partition coefficient (Wildman–Crippen LogP) is 6.99. The molecule has 4 rings (SSSR count). The lowest BCUT2D eigenvalue weighted by Gasteiger charge is -2.41. The van der Waals surface area contributed by atoms with E-state index in [0.29, 0.717) is 11.8 Å². The topological polar surface area (TPSA) is 18.5 Å². The Kier molecular flexibility index (Phi) is 7.14. The van der Waals surface area contributed by atoms with Crippen molar-refractivity contribution in [1.82, 2.24) is 0 Å². The lowest BCUT2D eigenvalue weighted by Crippen LogP contribution is -2.38. The van der Waals surface area contributed by atoms with Crippen LogP contribution in [0.1, 0.15) is 69.8 Å². The molecule has 2 saturated carbocycles. The summed E-state index contributed by atoms with van der Waals surface area (Å²) >= 11 is 6.04. The van der Waals surface area contributed by atoms with Crippen molar-refractivity contribution >= 4 is 11.6 Å². The molecule has 0 aromatic heterocycles. The Balaban J connectivity index is 1.20. The van der Waals surface area contributed by atoms with E-state index < -0.39 is 0 Å². The minimum absolute atomic E-state index is 0.0445. The Bertz CT molecular complexity index is 616. The molecule has 3 fully saturated rings. The lowest BCUT2D eigenvalue weighted by atomic mass is 9.68. The molecule has 2 nitrogen and oxygen atoms in total. The minimum atomic E-state index is 0.0445. The molecule has 2 aliphatic carbocycles. The van der Waals surface area contributed by atoms with Crippen LogP contribution in [0.4, 0.5) is 0 Å². The second kappa shape index (κ2) is 9.78. The van der Waals surface area contributed by atoms with Crippen LogP contribution >= 0.6 is 11.6 Å². The fraction of sp³-hybridized carbons (Fsp3) is 0.680. The van der Waals surface area contributed by atoms with E-state index in [-0.39, 0.29) is 6.29 Å². The zero-order valence-electron chi connectivity index (χ0n) is 17.2. The maximum atomic E-state index is 6.05. The van der Waals surface area contributed by atoms with Gasteiger partial charge in [-0.25, -0.2) is 0 Å². The van der Waals surface area contributed by atoms with Crippen LogP contribution in [0, 0.1) is 23.7 Å². The SMILES string of the molecule is C/C=C/[C@H]1CO[C@H]([C@H]2CC[C@H]([C@H]3CC[C@H](c4ccc(Cl)cc4)CC3)CC2)OC1. The molecule has 0 unspecified atom stereocenters. The Labute approximate surface area is 175 Å². The average molecular weight is 403 g/mol. The Morgan fingerprint density at radius 2 is 1.32 bits per heavy atom. The third-order valence-electron chi connectivity index (χ3n) is 7.40. The number of rotatable bonds is 4. The lowest BCUT2D eigenvalue weighted by molar-refractivity contribution is -0.223. The number of benzene rings is 1. The molecular weight excluding hydrogens is 368 g/mol. The maximum absolute atomic E-state index is 6.05. The maximum Gasteiger partial charge on any atom is 0.160 e. The van der Waals surface area contributed by atoms with E-state index in [2.05, 4.69) is 31.2 Å². The molecular formula is C25H35ClO2. The highest BCUT2D eigenvalue weighted by atomic mass is 35.5. The van der Waals surface area contributed by atoms with Crippen molar-refractivity contribution in [2.75, 3.05) is 13.2 Å². The van der Waals surface area contributed by atoms with Gasteiger partial charge in [0.1, 0.15) is 0 Å². The number of allylic oxidation sites excluding steroid dienone is 1. The van der Waals surface area contributed by atoms with Crippen molar-refractivity contribution in [3.05, 3.63) is 47.0 Å². The van der Waals surface area contributed by atoms with Crippen LogP contribution in [-0.2, 0) is 9.47 Å². The Morgan fingerprint density at radius 1 is 0.786 bits per heavy atom. The average Bonchev–Trinajstić information content (AvgIpc) is 2.75. The summed E-state index contributed by atoms with van der Waals surface area (Å²) in [5, 5.41) is 0.845. The standard InChI is InChI=1S/C25H35ClO2/c1-2-3-18-16-27-25(28-17-18)23-10-8-21(9-11-23)19-4-6-20(7-5-19)22-12-14-24(26)15-13-22/h2-3,12-15,18-21,23,25H,4-11,16-17H2,1H3/b3-2+/t18-,19-,20-,21-,23-,25-. The van der Waals surface area contributed by atoms with E-state index in [0.717, 1.165) is 36.0 Å². The Morgan fingerprint density at radius 3 is 1.89 bits per heavy atom. The predicted molar refractivity (Wildman–Crippen MR) is 116 cm³/mol. The summed E-state index contributed by atoms with van der Waals surface area (Å²) in [6, 6.07) is 8.54. The first-order chi connectivity index (χ1) is 13.7. The number of hydrogen-bond donors (Lipinski definition) is 0. The van der Waals surface area contributed by atoms with Gasteiger partial charge in [0.15, 0.2) is 6.29 Å². The van der Waals surface area contributed by atoms with Crippen LogP contribution in [0.15, 0.2) is 36.4 Å². The number of hydrogen-bond acceptors (Lipinski definition) is 2. The monoisotopic (exact) mass is 402 g/mol. The van der Waals surface area contributed by atoms with E-state index in [9.17, 15) is 0 Å². The van der Waals surface area contributed by atoms with Gasteiger partial charge in [0.05, 0.1) is 13.2 Å². The number of ether oxygens (including phenoxy) is 2. The highest BCUT2D eigenvalue weighted by Gasteiger charge is 2.35. The van der Waals surface area contributed by atoms with Crippen molar-refractivity contribution in [2.45, 2.75) is 70.5 Å². The largest absolute Gasteiger partial charge is 0.352 e. The summed E-state index contributed by atoms with van der Waals surface area (Å²) in [6.07, 6.45) is 15.1. The summed E-state index contributed by atoms with van der Waals surface area (Å²) in [7, 11) is 0. The van der Waals surface area contributed by atoms with Crippen molar-refractivity contribution in [1.29, 1.82) is 0 Å². The summed E-state index contributed by atoms with van der Waals surface area (Å²) in [6.45, 7) is 3.71. The van der Waals surface area contributed by atoms with E-state index in [1.807, 2.05) is 12.1 Å². The zero-order chi connectivity index (χ0) is 19.3. The fourth-order valence-electron chi connectivity index (χ4n) is 5.74. The molecule has 0 radical (unpaired) electrons. The van der Waals surface area contributed by atoms with Crippen molar-refractivity contribution in [3.8, 4) is 0 Å². The second-order valence-corrected chi connectivity index (χ2v) is 9.60. The van der Waals surface area contributed by atoms with E-state index in [1.165, 1.54) is 56.9 Å². The van der Waals surface area contributed by atoms with Crippen molar-refractivity contribution in [2.24, 2.45) is 23.7 Å². The molecule has 0 amide bonds. The summed E-state index contributed by atoms with van der Waals surface area (Å²) in [4.78, 5) is 0. The van der Waals surface area contributed by atoms with E-state index in [4.69, 9.17) is 21.1 Å². The highest BCUT2D eigenvalue weighted by Crippen LogP contribution is 2.45. The smallest absolute Gasteiger partial charge is 0.160 e. The normalized spacial score (nSPS) is 37.2. The third kappa shape index (κ3) is 5.01. The van der Waals surface area contributed by atoms with Gasteiger partial charge in [-0.3, -0.25) is 0 Å². The van der Waals surface area contributed by atoms with Gasteiger partial charge < -0.3 is 9.47 Å². The van der Waals surface area contributed by atoms with Gasteiger partial charge in [-0.2, -0.15) is 0 Å². The molecule has 0 N–H and O–H groups in total. The first kappa shape index (κ1) is 20.4. The quantitative estimate of drug-likeness (QED) is 0.505. The first-order valence-corrected chi connectivity index (χ1v) is 11.7. The van der Waals surface area contributed by atoms with Crippen LogP contribution in [-0.4, -0.2) is 19.5 Å². The van der Waals surface area contributed by atoms with Gasteiger partial charge in [0, 0.05) is 16.9 Å². The zero-order valence-corrected chi connectivity index (χ0v) is 17.9. The molecule has 28 heavy (non-hydrogen) atoms. The molecule has 3 heteroatoms.